The van der Waals surface area contributed by atoms with Gasteiger partial charge < -0.3 is 19.3 Å². The van der Waals surface area contributed by atoms with E-state index in [1.165, 1.54) is 31.9 Å². The van der Waals surface area contributed by atoms with E-state index in [1.54, 1.807) is 4.90 Å². The molecule has 2 heterocycles. The van der Waals surface area contributed by atoms with E-state index in [1.807, 2.05) is 12.1 Å². The van der Waals surface area contributed by atoms with Gasteiger partial charge in [0, 0.05) is 24.1 Å². The summed E-state index contributed by atoms with van der Waals surface area (Å²) in [5, 5.41) is 10.1. The van der Waals surface area contributed by atoms with Crippen LogP contribution < -0.4 is 0 Å². The molecule has 1 aliphatic carbocycles. The summed E-state index contributed by atoms with van der Waals surface area (Å²) < 4.78 is 7.26. The molecule has 0 radical (unpaired) electrons. The van der Waals surface area contributed by atoms with E-state index in [0.717, 1.165) is 47.2 Å². The van der Waals surface area contributed by atoms with E-state index in [4.69, 9.17) is 9.72 Å². The number of aromatic nitrogens is 2. The molecule has 35 heavy (non-hydrogen) atoms. The largest absolute Gasteiger partial charge is 0.478 e. The second kappa shape index (κ2) is 9.72. The minimum Gasteiger partial charge on any atom is -0.478 e. The number of hydrogen-bond acceptors (Lipinski definition) is 4. The zero-order valence-electron chi connectivity index (χ0n) is 20.5. The maximum absolute atomic E-state index is 12.3. The quantitative estimate of drug-likeness (QED) is 0.511. The lowest BCUT2D eigenvalue weighted by atomic mass is 9.88. The van der Waals surface area contributed by atoms with Crippen LogP contribution in [0.2, 0.25) is 0 Å². The fraction of sp³-hybridized carbons (Fsp3) is 0.464. The van der Waals surface area contributed by atoms with Gasteiger partial charge in [-0.25, -0.2) is 14.6 Å². The van der Waals surface area contributed by atoms with Gasteiger partial charge in [-0.15, -0.1) is 0 Å². The third kappa shape index (κ3) is 4.40. The van der Waals surface area contributed by atoms with E-state index < -0.39 is 12.1 Å². The lowest BCUT2D eigenvalue weighted by molar-refractivity contribution is 0.0695. The van der Waals surface area contributed by atoms with Gasteiger partial charge in [0.15, 0.2) is 0 Å². The first-order valence-corrected chi connectivity index (χ1v) is 12.6. The Morgan fingerprint density at radius 3 is 2.57 bits per heavy atom. The Morgan fingerprint density at radius 2 is 1.89 bits per heavy atom. The Morgan fingerprint density at radius 1 is 1.14 bits per heavy atom. The summed E-state index contributed by atoms with van der Waals surface area (Å²) in [4.78, 5) is 31.5. The van der Waals surface area contributed by atoms with Crippen molar-refractivity contribution in [1.82, 2.24) is 14.5 Å². The number of carbonyl (C=O) groups is 2. The topological polar surface area (TPSA) is 84.7 Å². The number of carboxylic acid groups (broad SMARTS) is 1. The first-order valence-electron chi connectivity index (χ1n) is 12.6. The van der Waals surface area contributed by atoms with Crippen molar-refractivity contribution < 1.29 is 19.4 Å². The molecule has 3 aromatic rings. The van der Waals surface area contributed by atoms with Gasteiger partial charge in [0.25, 0.3) is 0 Å². The van der Waals surface area contributed by atoms with E-state index in [2.05, 4.69) is 35.8 Å². The SMILES string of the molecule is COC(=O)N1CCc2c(C(=O)O)cc3c(nc(C4CCCCC4)n3[C@@H](C)Cc3ccccc3)c2C1. The number of hydrogen-bond donors (Lipinski definition) is 1. The van der Waals surface area contributed by atoms with Gasteiger partial charge in [0.1, 0.15) is 5.82 Å². The number of fused-ring (bicyclic) bond motifs is 3. The highest BCUT2D eigenvalue weighted by molar-refractivity contribution is 5.96. The predicted molar refractivity (Wildman–Crippen MR) is 134 cm³/mol. The molecule has 7 heteroatoms. The maximum Gasteiger partial charge on any atom is 0.409 e. The molecule has 0 spiro atoms. The van der Waals surface area contributed by atoms with Crippen molar-refractivity contribution in [1.29, 1.82) is 0 Å². The molecule has 2 aromatic carbocycles. The van der Waals surface area contributed by atoms with Crippen molar-refractivity contribution in [3.63, 3.8) is 0 Å². The summed E-state index contributed by atoms with van der Waals surface area (Å²) in [6.07, 6.45) is 6.75. The second-order valence-corrected chi connectivity index (χ2v) is 9.91. The molecule has 0 bridgehead atoms. The summed E-state index contributed by atoms with van der Waals surface area (Å²) >= 11 is 0. The Balaban J connectivity index is 1.69. The number of ether oxygens (including phenoxy) is 1. The van der Waals surface area contributed by atoms with Crippen LogP contribution in [-0.4, -0.2) is 45.3 Å². The third-order valence-corrected chi connectivity index (χ3v) is 7.66. The molecule has 1 N–H and O–H groups in total. The minimum absolute atomic E-state index is 0.110. The standard InChI is InChI=1S/C28H33N3O4/c1-18(15-19-9-5-3-6-10-19)31-24-16-22(27(32)33)21-13-14-30(28(34)35-2)17-23(21)25(24)29-26(31)20-11-7-4-8-12-20/h3,5-6,9-10,16,18,20H,4,7-8,11-15,17H2,1-2H3,(H,32,33)/t18-/m0/s1. The normalized spacial score (nSPS) is 17.3. The molecule has 5 rings (SSSR count). The van der Waals surface area contributed by atoms with Crippen LogP contribution in [0.25, 0.3) is 11.0 Å². The van der Waals surface area contributed by atoms with Gasteiger partial charge in [-0.05, 0) is 49.8 Å². The van der Waals surface area contributed by atoms with Crippen LogP contribution in [0.5, 0.6) is 0 Å². The van der Waals surface area contributed by atoms with Crippen molar-refractivity contribution in [3.05, 3.63) is 64.5 Å². The number of carbonyl (C=O) groups excluding carboxylic acids is 1. The number of aromatic carboxylic acids is 1. The molecule has 1 fully saturated rings. The zero-order valence-corrected chi connectivity index (χ0v) is 20.5. The Bertz CT molecular complexity index is 1240. The van der Waals surface area contributed by atoms with Gasteiger partial charge in [-0.2, -0.15) is 0 Å². The zero-order chi connectivity index (χ0) is 24.5. The summed E-state index contributed by atoms with van der Waals surface area (Å²) in [7, 11) is 1.38. The molecule has 1 amide bonds. The highest BCUT2D eigenvalue weighted by atomic mass is 16.5. The predicted octanol–water partition coefficient (Wildman–Crippen LogP) is 5.71. The Kier molecular flexibility index (Phi) is 6.50. The van der Waals surface area contributed by atoms with E-state index in [0.29, 0.717) is 31.0 Å². The average Bonchev–Trinajstić information content (AvgIpc) is 3.28. The van der Waals surface area contributed by atoms with Crippen molar-refractivity contribution >= 4 is 23.1 Å². The Labute approximate surface area is 205 Å². The van der Waals surface area contributed by atoms with Gasteiger partial charge in [0.05, 0.1) is 30.3 Å². The van der Waals surface area contributed by atoms with Crippen LogP contribution in [0, 0.1) is 0 Å². The maximum atomic E-state index is 12.3. The average molecular weight is 476 g/mol. The number of amides is 1. The lowest BCUT2D eigenvalue weighted by Crippen LogP contribution is -2.36. The molecule has 1 atom stereocenters. The molecule has 7 nitrogen and oxygen atoms in total. The van der Waals surface area contributed by atoms with Crippen LogP contribution in [0.4, 0.5) is 4.79 Å². The summed E-state index contributed by atoms with van der Waals surface area (Å²) in [6, 6.07) is 12.3. The van der Waals surface area contributed by atoms with Crippen LogP contribution >= 0.6 is 0 Å². The van der Waals surface area contributed by atoms with E-state index in [9.17, 15) is 14.7 Å². The number of methoxy groups -OCH3 is 1. The number of nitrogens with zero attached hydrogens (tertiary/aromatic N) is 3. The second-order valence-electron chi connectivity index (χ2n) is 9.91. The summed E-state index contributed by atoms with van der Waals surface area (Å²) in [5.41, 5.74) is 4.89. The number of imidazole rings is 1. The fourth-order valence-electron chi connectivity index (χ4n) is 5.96. The van der Waals surface area contributed by atoms with Crippen LogP contribution in [0.15, 0.2) is 36.4 Å². The molecule has 0 saturated heterocycles. The monoisotopic (exact) mass is 475 g/mol. The summed E-state index contributed by atoms with van der Waals surface area (Å²) in [5.74, 6) is 0.485. The lowest BCUT2D eigenvalue weighted by Gasteiger charge is -2.29. The Hall–Kier alpha value is -3.35. The van der Waals surface area contributed by atoms with Gasteiger partial charge in [-0.1, -0.05) is 49.6 Å². The van der Waals surface area contributed by atoms with Crippen LogP contribution in [0.1, 0.15) is 83.9 Å². The van der Waals surface area contributed by atoms with Gasteiger partial charge in [0.2, 0.25) is 0 Å². The fourth-order valence-corrected chi connectivity index (χ4v) is 5.96. The number of carboxylic acids is 1. The highest BCUT2D eigenvalue weighted by Crippen LogP contribution is 2.39. The smallest absolute Gasteiger partial charge is 0.409 e. The van der Waals surface area contributed by atoms with Crippen molar-refractivity contribution in [2.45, 2.75) is 70.4 Å². The number of benzene rings is 2. The molecule has 184 valence electrons. The molecule has 1 saturated carbocycles. The molecule has 1 aromatic heterocycles. The first kappa shape index (κ1) is 23.4. The summed E-state index contributed by atoms with van der Waals surface area (Å²) in [6.45, 7) is 2.95. The van der Waals surface area contributed by atoms with Crippen molar-refractivity contribution in [2.75, 3.05) is 13.7 Å². The van der Waals surface area contributed by atoms with Crippen LogP contribution in [-0.2, 0) is 24.1 Å². The van der Waals surface area contributed by atoms with Crippen LogP contribution in [0.3, 0.4) is 0 Å². The van der Waals surface area contributed by atoms with E-state index >= 15 is 0 Å². The molecule has 2 aliphatic rings. The molecule has 0 unspecified atom stereocenters. The van der Waals surface area contributed by atoms with Gasteiger partial charge in [-0.3, -0.25) is 0 Å². The van der Waals surface area contributed by atoms with Crippen molar-refractivity contribution in [2.24, 2.45) is 0 Å². The van der Waals surface area contributed by atoms with E-state index in [-0.39, 0.29) is 6.04 Å². The third-order valence-electron chi connectivity index (χ3n) is 7.66. The number of rotatable bonds is 5. The minimum atomic E-state index is -0.933. The molecular formula is C28H33N3O4. The first-order chi connectivity index (χ1) is 17.0. The molecule has 1 aliphatic heterocycles. The molecular weight excluding hydrogens is 442 g/mol. The van der Waals surface area contributed by atoms with Gasteiger partial charge >= 0.3 is 12.1 Å². The highest BCUT2D eigenvalue weighted by Gasteiger charge is 2.32. The van der Waals surface area contributed by atoms with Crippen molar-refractivity contribution in [3.8, 4) is 0 Å².